The first-order chi connectivity index (χ1) is 12.0. The summed E-state index contributed by atoms with van der Waals surface area (Å²) in [6, 6.07) is 11.5. The van der Waals surface area contributed by atoms with Crippen LogP contribution in [0.25, 0.3) is 11.3 Å². The molecule has 130 valence electrons. The van der Waals surface area contributed by atoms with Crippen molar-refractivity contribution in [3.8, 4) is 11.3 Å². The second-order valence-electron chi connectivity index (χ2n) is 5.99. The number of hydrogen-bond acceptors (Lipinski definition) is 3. The van der Waals surface area contributed by atoms with E-state index in [2.05, 4.69) is 20.5 Å². The summed E-state index contributed by atoms with van der Waals surface area (Å²) >= 11 is 5.91. The van der Waals surface area contributed by atoms with Gasteiger partial charge in [0.2, 0.25) is 5.91 Å². The van der Waals surface area contributed by atoms with E-state index in [4.69, 9.17) is 11.6 Å². The molecular formula is C18H20ClN5O. The fourth-order valence-corrected chi connectivity index (χ4v) is 2.82. The highest BCUT2D eigenvalue weighted by atomic mass is 35.5. The quantitative estimate of drug-likeness (QED) is 0.710. The minimum atomic E-state index is -0.173. The van der Waals surface area contributed by atoms with Gasteiger partial charge >= 0.3 is 0 Å². The van der Waals surface area contributed by atoms with Gasteiger partial charge < -0.3 is 14.9 Å². The number of amides is 1. The van der Waals surface area contributed by atoms with Gasteiger partial charge in [-0.1, -0.05) is 23.7 Å². The third kappa shape index (κ3) is 4.28. The van der Waals surface area contributed by atoms with Crippen LogP contribution in [0.2, 0.25) is 5.02 Å². The van der Waals surface area contributed by atoms with Crippen LogP contribution in [-0.4, -0.2) is 25.7 Å². The number of hydrogen-bond donors (Lipinski definition) is 2. The lowest BCUT2D eigenvalue weighted by atomic mass is 10.2. The minimum absolute atomic E-state index is 0.0156. The molecule has 3 rings (SSSR count). The summed E-state index contributed by atoms with van der Waals surface area (Å²) in [6.07, 6.45) is 2.67. The molecule has 0 aliphatic rings. The summed E-state index contributed by atoms with van der Waals surface area (Å²) in [5, 5.41) is 11.5. The lowest BCUT2D eigenvalue weighted by molar-refractivity contribution is -0.121. The largest absolute Gasteiger partial charge is 0.358 e. The highest BCUT2D eigenvalue weighted by Gasteiger charge is 2.14. The van der Waals surface area contributed by atoms with Gasteiger partial charge in [-0.25, -0.2) is 0 Å². The first-order valence-electron chi connectivity index (χ1n) is 8.10. The lowest BCUT2D eigenvalue weighted by Gasteiger charge is -2.12. The Hall–Kier alpha value is -2.60. The predicted molar refractivity (Wildman–Crippen MR) is 97.1 cm³/mol. The van der Waals surface area contributed by atoms with Crippen LogP contribution in [0.15, 0.2) is 42.7 Å². The van der Waals surface area contributed by atoms with Crippen LogP contribution in [0.4, 0.5) is 0 Å². The van der Waals surface area contributed by atoms with Crippen molar-refractivity contribution in [2.75, 3.05) is 0 Å². The van der Waals surface area contributed by atoms with Crippen molar-refractivity contribution in [2.24, 2.45) is 7.05 Å². The third-order valence-corrected chi connectivity index (χ3v) is 4.29. The van der Waals surface area contributed by atoms with E-state index in [-0.39, 0.29) is 11.9 Å². The number of aromatic amines is 1. The Balaban J connectivity index is 1.54. The number of aromatic nitrogens is 4. The second kappa shape index (κ2) is 7.53. The van der Waals surface area contributed by atoms with Crippen molar-refractivity contribution >= 4 is 17.5 Å². The molecule has 0 aliphatic heterocycles. The average molecular weight is 358 g/mol. The first kappa shape index (κ1) is 17.2. The standard InChI is InChI=1S/C18H20ClN5O/c1-12(18-23-20-11-24(18)2)21-17(25)10-8-15-7-9-16(22-15)13-3-5-14(19)6-4-13/h3-7,9,11-12,22H,8,10H2,1-2H3,(H,21,25). The zero-order chi connectivity index (χ0) is 17.8. The van der Waals surface area contributed by atoms with Crippen molar-refractivity contribution in [2.45, 2.75) is 25.8 Å². The molecule has 2 aromatic heterocycles. The predicted octanol–water partition coefficient (Wildman–Crippen LogP) is 3.27. The van der Waals surface area contributed by atoms with Gasteiger partial charge in [-0.2, -0.15) is 0 Å². The van der Waals surface area contributed by atoms with Gasteiger partial charge in [-0.15, -0.1) is 10.2 Å². The Kier molecular flexibility index (Phi) is 5.19. The SMILES string of the molecule is CC(NC(=O)CCc1ccc(-c2ccc(Cl)cc2)[nH]1)c1nncn1C. The molecule has 7 heteroatoms. The van der Waals surface area contributed by atoms with E-state index in [1.54, 1.807) is 10.9 Å². The second-order valence-corrected chi connectivity index (χ2v) is 6.43. The number of rotatable bonds is 6. The van der Waals surface area contributed by atoms with Gasteiger partial charge in [0.05, 0.1) is 6.04 Å². The molecule has 1 unspecified atom stereocenters. The van der Waals surface area contributed by atoms with Crippen molar-refractivity contribution in [1.29, 1.82) is 0 Å². The smallest absolute Gasteiger partial charge is 0.220 e. The number of nitrogens with one attached hydrogen (secondary N) is 2. The number of carbonyl (C=O) groups excluding carboxylic acids is 1. The van der Waals surface area contributed by atoms with Crippen LogP contribution in [-0.2, 0) is 18.3 Å². The van der Waals surface area contributed by atoms with Gasteiger partial charge in [-0.05, 0) is 43.2 Å². The molecule has 3 aromatic rings. The van der Waals surface area contributed by atoms with Crippen molar-refractivity contribution in [1.82, 2.24) is 25.1 Å². The average Bonchev–Trinajstić information content (AvgIpc) is 3.22. The monoisotopic (exact) mass is 357 g/mol. The summed E-state index contributed by atoms with van der Waals surface area (Å²) in [4.78, 5) is 15.5. The molecule has 6 nitrogen and oxygen atoms in total. The number of aryl methyl sites for hydroxylation is 2. The van der Waals surface area contributed by atoms with Gasteiger partial charge in [0.25, 0.3) is 0 Å². The molecule has 1 aromatic carbocycles. The molecule has 0 saturated heterocycles. The maximum atomic E-state index is 12.2. The summed E-state index contributed by atoms with van der Waals surface area (Å²) in [6.45, 7) is 1.90. The fraction of sp³-hybridized carbons (Fsp3) is 0.278. The maximum Gasteiger partial charge on any atom is 0.220 e. The normalized spacial score (nSPS) is 12.1. The molecule has 1 atom stereocenters. The van der Waals surface area contributed by atoms with Crippen LogP contribution in [0.5, 0.6) is 0 Å². The topological polar surface area (TPSA) is 75.6 Å². The molecule has 0 spiro atoms. The summed E-state index contributed by atoms with van der Waals surface area (Å²) in [5.41, 5.74) is 3.10. The molecule has 0 saturated carbocycles. The zero-order valence-electron chi connectivity index (χ0n) is 14.2. The van der Waals surface area contributed by atoms with Crippen LogP contribution in [0, 0.1) is 0 Å². The third-order valence-electron chi connectivity index (χ3n) is 4.03. The maximum absolute atomic E-state index is 12.2. The molecule has 0 bridgehead atoms. The number of benzene rings is 1. The highest BCUT2D eigenvalue weighted by molar-refractivity contribution is 6.30. The van der Waals surface area contributed by atoms with E-state index in [1.807, 2.05) is 50.4 Å². The van der Waals surface area contributed by atoms with Crippen molar-refractivity contribution in [3.63, 3.8) is 0 Å². The van der Waals surface area contributed by atoms with Crippen LogP contribution in [0.3, 0.4) is 0 Å². The van der Waals surface area contributed by atoms with Gasteiger partial charge in [0.15, 0.2) is 5.82 Å². The molecule has 0 radical (unpaired) electrons. The van der Waals surface area contributed by atoms with Crippen molar-refractivity contribution in [3.05, 3.63) is 59.3 Å². The number of nitrogens with zero attached hydrogens (tertiary/aromatic N) is 3. The van der Waals surface area contributed by atoms with E-state index < -0.39 is 0 Å². The van der Waals surface area contributed by atoms with E-state index in [1.165, 1.54) is 0 Å². The van der Waals surface area contributed by atoms with Crippen LogP contribution < -0.4 is 5.32 Å². The molecule has 25 heavy (non-hydrogen) atoms. The van der Waals surface area contributed by atoms with Gasteiger partial charge in [0.1, 0.15) is 6.33 Å². The number of carbonyl (C=O) groups is 1. The minimum Gasteiger partial charge on any atom is -0.358 e. The molecule has 2 heterocycles. The van der Waals surface area contributed by atoms with E-state index in [9.17, 15) is 4.79 Å². The Morgan fingerprint density at radius 2 is 2.04 bits per heavy atom. The van der Waals surface area contributed by atoms with Gasteiger partial charge in [-0.3, -0.25) is 4.79 Å². The zero-order valence-corrected chi connectivity index (χ0v) is 14.9. The fourth-order valence-electron chi connectivity index (χ4n) is 2.69. The summed E-state index contributed by atoms with van der Waals surface area (Å²) < 4.78 is 1.80. The summed E-state index contributed by atoms with van der Waals surface area (Å²) in [5.74, 6) is 0.719. The lowest BCUT2D eigenvalue weighted by Crippen LogP contribution is -2.28. The number of H-pyrrole nitrogens is 1. The van der Waals surface area contributed by atoms with E-state index in [0.29, 0.717) is 17.9 Å². The molecule has 2 N–H and O–H groups in total. The highest BCUT2D eigenvalue weighted by Crippen LogP contribution is 2.21. The van der Waals surface area contributed by atoms with E-state index in [0.717, 1.165) is 22.8 Å². The van der Waals surface area contributed by atoms with Crippen LogP contribution in [0.1, 0.15) is 30.9 Å². The van der Waals surface area contributed by atoms with Gasteiger partial charge in [0, 0.05) is 29.9 Å². The van der Waals surface area contributed by atoms with Crippen molar-refractivity contribution < 1.29 is 4.79 Å². The Labute approximate surface area is 151 Å². The number of halogens is 1. The molecular weight excluding hydrogens is 338 g/mol. The Bertz CT molecular complexity index is 852. The molecule has 0 aliphatic carbocycles. The Morgan fingerprint density at radius 3 is 2.72 bits per heavy atom. The Morgan fingerprint density at radius 1 is 1.28 bits per heavy atom. The van der Waals surface area contributed by atoms with Crippen LogP contribution >= 0.6 is 11.6 Å². The molecule has 1 amide bonds. The molecule has 0 fully saturated rings. The first-order valence-corrected chi connectivity index (χ1v) is 8.48. The van der Waals surface area contributed by atoms with E-state index >= 15 is 0 Å². The summed E-state index contributed by atoms with van der Waals surface area (Å²) in [7, 11) is 1.86.